The third kappa shape index (κ3) is 2.45. The van der Waals surface area contributed by atoms with Gasteiger partial charge in [0.1, 0.15) is 11.3 Å². The lowest BCUT2D eigenvalue weighted by Crippen LogP contribution is -2.27. The quantitative estimate of drug-likeness (QED) is 0.781. The first kappa shape index (κ1) is 11.6. The summed E-state index contributed by atoms with van der Waals surface area (Å²) in [5.41, 5.74) is 2.17. The molecule has 0 bridgehead atoms. The highest BCUT2D eigenvalue weighted by atomic mass is 16.5. The molecule has 0 aliphatic carbocycles. The molecular formula is C12H15N3O2. The number of para-hydroxylation sites is 1. The fraction of sp³-hybridized carbons (Fsp3) is 0.333. The van der Waals surface area contributed by atoms with Crippen LogP contribution < -0.4 is 5.32 Å². The second-order valence-corrected chi connectivity index (χ2v) is 3.77. The Morgan fingerprint density at radius 1 is 1.53 bits per heavy atom. The molecule has 90 valence electrons. The van der Waals surface area contributed by atoms with Gasteiger partial charge in [-0.1, -0.05) is 6.07 Å². The number of aryl methyl sites for hydroxylation is 1. The highest BCUT2D eigenvalue weighted by molar-refractivity contribution is 6.04. The number of hydrogen-bond acceptors (Lipinski definition) is 3. The van der Waals surface area contributed by atoms with E-state index in [0.717, 1.165) is 11.3 Å². The number of rotatable bonds is 4. The van der Waals surface area contributed by atoms with Crippen LogP contribution in [0.5, 0.6) is 0 Å². The summed E-state index contributed by atoms with van der Waals surface area (Å²) in [5.74, 6) is 0.677. The molecule has 2 rings (SSSR count). The lowest BCUT2D eigenvalue weighted by molar-refractivity contribution is 0.0938. The maximum atomic E-state index is 11.9. The van der Waals surface area contributed by atoms with Crippen LogP contribution in [-0.2, 0) is 4.74 Å². The zero-order chi connectivity index (χ0) is 12.3. The van der Waals surface area contributed by atoms with Crippen LogP contribution in [0, 0.1) is 6.92 Å². The van der Waals surface area contributed by atoms with E-state index in [1.54, 1.807) is 13.2 Å². The number of aromatic amines is 1. The molecule has 0 radical (unpaired) electrons. The lowest BCUT2D eigenvalue weighted by atomic mass is 10.1. The van der Waals surface area contributed by atoms with Crippen LogP contribution in [0.4, 0.5) is 0 Å². The number of nitrogens with zero attached hydrogens (tertiary/aromatic N) is 1. The fourth-order valence-electron chi connectivity index (χ4n) is 1.70. The number of imidazole rings is 1. The van der Waals surface area contributed by atoms with Crippen LogP contribution in [0.15, 0.2) is 18.2 Å². The van der Waals surface area contributed by atoms with Gasteiger partial charge >= 0.3 is 0 Å². The number of nitrogens with one attached hydrogen (secondary N) is 2. The van der Waals surface area contributed by atoms with E-state index < -0.39 is 0 Å². The second kappa shape index (κ2) is 4.97. The first-order chi connectivity index (χ1) is 8.22. The summed E-state index contributed by atoms with van der Waals surface area (Å²) in [5, 5.41) is 2.78. The zero-order valence-corrected chi connectivity index (χ0v) is 9.91. The van der Waals surface area contributed by atoms with Crippen molar-refractivity contribution in [3.63, 3.8) is 0 Å². The molecule has 2 N–H and O–H groups in total. The van der Waals surface area contributed by atoms with E-state index in [2.05, 4.69) is 15.3 Å². The number of carbonyl (C=O) groups is 1. The number of aromatic nitrogens is 2. The van der Waals surface area contributed by atoms with E-state index in [1.807, 2.05) is 19.1 Å². The minimum Gasteiger partial charge on any atom is -0.383 e. The van der Waals surface area contributed by atoms with Crippen molar-refractivity contribution in [1.82, 2.24) is 15.3 Å². The SMILES string of the molecule is COCCNC(=O)c1cccc2[nH]c(C)nc12. The number of carbonyl (C=O) groups excluding carboxylic acids is 1. The molecule has 2 aromatic rings. The van der Waals surface area contributed by atoms with Crippen molar-refractivity contribution in [2.45, 2.75) is 6.92 Å². The van der Waals surface area contributed by atoms with Crippen molar-refractivity contribution in [2.24, 2.45) is 0 Å². The summed E-state index contributed by atoms with van der Waals surface area (Å²) in [4.78, 5) is 19.3. The summed E-state index contributed by atoms with van der Waals surface area (Å²) in [7, 11) is 1.60. The molecule has 1 aromatic heterocycles. The molecule has 1 aromatic carbocycles. The summed E-state index contributed by atoms with van der Waals surface area (Å²) in [6, 6.07) is 5.51. The number of methoxy groups -OCH3 is 1. The van der Waals surface area contributed by atoms with Crippen molar-refractivity contribution >= 4 is 16.9 Å². The highest BCUT2D eigenvalue weighted by Gasteiger charge is 2.11. The smallest absolute Gasteiger partial charge is 0.253 e. The van der Waals surface area contributed by atoms with E-state index >= 15 is 0 Å². The molecule has 0 aliphatic rings. The van der Waals surface area contributed by atoms with Gasteiger partial charge in [0.15, 0.2) is 0 Å². The number of amides is 1. The van der Waals surface area contributed by atoms with Gasteiger partial charge in [-0.15, -0.1) is 0 Å². The summed E-state index contributed by atoms with van der Waals surface area (Å²) < 4.78 is 4.88. The molecule has 5 nitrogen and oxygen atoms in total. The average molecular weight is 233 g/mol. The van der Waals surface area contributed by atoms with Crippen molar-refractivity contribution in [1.29, 1.82) is 0 Å². The minimum absolute atomic E-state index is 0.126. The second-order valence-electron chi connectivity index (χ2n) is 3.77. The van der Waals surface area contributed by atoms with E-state index in [1.165, 1.54) is 0 Å². The fourth-order valence-corrected chi connectivity index (χ4v) is 1.70. The predicted octanol–water partition coefficient (Wildman–Crippen LogP) is 1.25. The van der Waals surface area contributed by atoms with Crippen molar-refractivity contribution in [3.8, 4) is 0 Å². The Labute approximate surface area is 99.2 Å². The van der Waals surface area contributed by atoms with E-state index in [0.29, 0.717) is 24.2 Å². The Hall–Kier alpha value is -1.88. The van der Waals surface area contributed by atoms with E-state index in [-0.39, 0.29) is 5.91 Å². The predicted molar refractivity (Wildman–Crippen MR) is 65.0 cm³/mol. The first-order valence-corrected chi connectivity index (χ1v) is 5.45. The van der Waals surface area contributed by atoms with E-state index in [9.17, 15) is 4.79 Å². The average Bonchev–Trinajstić information content (AvgIpc) is 2.69. The van der Waals surface area contributed by atoms with Crippen LogP contribution in [0.25, 0.3) is 11.0 Å². The number of fused-ring (bicyclic) bond motifs is 1. The Kier molecular flexibility index (Phi) is 3.39. The maximum Gasteiger partial charge on any atom is 0.253 e. The zero-order valence-electron chi connectivity index (χ0n) is 9.91. The number of H-pyrrole nitrogens is 1. The molecule has 0 aliphatic heterocycles. The van der Waals surface area contributed by atoms with Crippen LogP contribution >= 0.6 is 0 Å². The number of benzene rings is 1. The normalized spacial score (nSPS) is 10.7. The van der Waals surface area contributed by atoms with Gasteiger partial charge in [0.2, 0.25) is 0 Å². The van der Waals surface area contributed by atoms with Gasteiger partial charge in [0.05, 0.1) is 17.7 Å². The molecular weight excluding hydrogens is 218 g/mol. The first-order valence-electron chi connectivity index (χ1n) is 5.45. The molecule has 0 saturated carbocycles. The molecule has 1 heterocycles. The van der Waals surface area contributed by atoms with Crippen LogP contribution in [-0.4, -0.2) is 36.1 Å². The Morgan fingerprint density at radius 3 is 3.12 bits per heavy atom. The Bertz CT molecular complexity index is 534. The standard InChI is InChI=1S/C12H15N3O2/c1-8-14-10-5-3-4-9(11(10)15-8)12(16)13-6-7-17-2/h3-5H,6-7H2,1-2H3,(H,13,16)(H,14,15). The minimum atomic E-state index is -0.126. The van der Waals surface area contributed by atoms with Gasteiger partial charge in [-0.25, -0.2) is 4.98 Å². The van der Waals surface area contributed by atoms with Gasteiger partial charge in [-0.3, -0.25) is 4.79 Å². The third-order valence-electron chi connectivity index (χ3n) is 2.47. The monoisotopic (exact) mass is 233 g/mol. The van der Waals surface area contributed by atoms with Gasteiger partial charge in [0, 0.05) is 13.7 Å². The topological polar surface area (TPSA) is 67.0 Å². The molecule has 1 amide bonds. The summed E-state index contributed by atoms with van der Waals surface area (Å²) in [6.07, 6.45) is 0. The molecule has 0 saturated heterocycles. The van der Waals surface area contributed by atoms with Crippen LogP contribution in [0.3, 0.4) is 0 Å². The van der Waals surface area contributed by atoms with Crippen molar-refractivity contribution in [2.75, 3.05) is 20.3 Å². The van der Waals surface area contributed by atoms with Crippen molar-refractivity contribution < 1.29 is 9.53 Å². The Morgan fingerprint density at radius 2 is 2.35 bits per heavy atom. The summed E-state index contributed by atoms with van der Waals surface area (Å²) >= 11 is 0. The maximum absolute atomic E-state index is 11.9. The summed E-state index contributed by atoms with van der Waals surface area (Å²) in [6.45, 7) is 2.86. The van der Waals surface area contributed by atoms with Gasteiger partial charge < -0.3 is 15.0 Å². The molecule has 0 spiro atoms. The number of ether oxygens (including phenoxy) is 1. The third-order valence-corrected chi connectivity index (χ3v) is 2.47. The largest absolute Gasteiger partial charge is 0.383 e. The number of hydrogen-bond donors (Lipinski definition) is 2. The lowest BCUT2D eigenvalue weighted by Gasteiger charge is -2.04. The van der Waals surface area contributed by atoms with Gasteiger partial charge in [-0.05, 0) is 19.1 Å². The van der Waals surface area contributed by atoms with Crippen LogP contribution in [0.1, 0.15) is 16.2 Å². The molecule has 0 atom stereocenters. The van der Waals surface area contributed by atoms with Gasteiger partial charge in [-0.2, -0.15) is 0 Å². The molecule has 17 heavy (non-hydrogen) atoms. The Balaban J connectivity index is 2.25. The van der Waals surface area contributed by atoms with Crippen molar-refractivity contribution in [3.05, 3.63) is 29.6 Å². The van der Waals surface area contributed by atoms with E-state index in [4.69, 9.17) is 4.74 Å². The molecule has 0 unspecified atom stereocenters. The van der Waals surface area contributed by atoms with Crippen LogP contribution in [0.2, 0.25) is 0 Å². The molecule has 5 heteroatoms. The highest BCUT2D eigenvalue weighted by Crippen LogP contribution is 2.15. The molecule has 0 fully saturated rings. The van der Waals surface area contributed by atoms with Gasteiger partial charge in [0.25, 0.3) is 5.91 Å².